The van der Waals surface area contributed by atoms with Gasteiger partial charge in [0, 0.05) is 24.4 Å². The molecule has 1 unspecified atom stereocenters. The van der Waals surface area contributed by atoms with Crippen molar-refractivity contribution in [2.45, 2.75) is 18.7 Å². The fourth-order valence-electron chi connectivity index (χ4n) is 2.03. The van der Waals surface area contributed by atoms with E-state index in [2.05, 4.69) is 0 Å². The second-order valence-electron chi connectivity index (χ2n) is 4.26. The number of hydrogen-bond donors (Lipinski definition) is 0. The van der Waals surface area contributed by atoms with Crippen molar-refractivity contribution in [3.63, 3.8) is 0 Å². The van der Waals surface area contributed by atoms with E-state index in [1.807, 2.05) is 6.92 Å². The zero-order valence-corrected chi connectivity index (χ0v) is 11.6. The Hall–Kier alpha value is -1.55. The second-order valence-corrected chi connectivity index (χ2v) is 4.79. The van der Waals surface area contributed by atoms with Crippen molar-refractivity contribution in [2.24, 2.45) is 0 Å². The Labute approximate surface area is 116 Å². The fourth-order valence-corrected chi connectivity index (χ4v) is 2.27. The molecule has 0 spiro atoms. The standard InChI is InChI=1S/C14H15ClFNO2/c1-3-19-9-4-5-10(12(16)8-9)13-7-6-11(15)14(18)17(13)2/h4-5,7-8,11H,3,6H2,1-2H3. The van der Waals surface area contributed by atoms with Crippen molar-refractivity contribution >= 4 is 23.2 Å². The maximum absolute atomic E-state index is 14.1. The lowest BCUT2D eigenvalue weighted by Crippen LogP contribution is -2.35. The van der Waals surface area contributed by atoms with E-state index >= 15 is 0 Å². The van der Waals surface area contributed by atoms with E-state index in [1.165, 1.54) is 11.0 Å². The first-order valence-electron chi connectivity index (χ1n) is 6.09. The van der Waals surface area contributed by atoms with Gasteiger partial charge in [0.2, 0.25) is 5.91 Å². The number of benzene rings is 1. The van der Waals surface area contributed by atoms with Gasteiger partial charge in [-0.05, 0) is 25.5 Å². The number of amides is 1. The molecule has 0 saturated carbocycles. The molecule has 1 aromatic carbocycles. The van der Waals surface area contributed by atoms with Gasteiger partial charge in [0.05, 0.1) is 6.61 Å². The molecule has 0 bridgehead atoms. The van der Waals surface area contributed by atoms with Gasteiger partial charge in [-0.2, -0.15) is 0 Å². The molecule has 0 fully saturated rings. The third-order valence-corrected chi connectivity index (χ3v) is 3.37. The second kappa shape index (κ2) is 5.61. The van der Waals surface area contributed by atoms with Crippen molar-refractivity contribution in [3.8, 4) is 5.75 Å². The molecule has 3 nitrogen and oxygen atoms in total. The van der Waals surface area contributed by atoms with Crippen molar-refractivity contribution in [3.05, 3.63) is 35.7 Å². The molecule has 5 heteroatoms. The van der Waals surface area contributed by atoms with Gasteiger partial charge in [0.1, 0.15) is 16.9 Å². The van der Waals surface area contributed by atoms with E-state index in [9.17, 15) is 9.18 Å². The summed E-state index contributed by atoms with van der Waals surface area (Å²) in [4.78, 5) is 13.2. The molecule has 1 aromatic rings. The summed E-state index contributed by atoms with van der Waals surface area (Å²) in [6.45, 7) is 2.32. The third kappa shape index (κ3) is 2.73. The van der Waals surface area contributed by atoms with Crippen LogP contribution in [0.4, 0.5) is 4.39 Å². The van der Waals surface area contributed by atoms with Crippen LogP contribution in [-0.2, 0) is 4.79 Å². The van der Waals surface area contributed by atoms with Crippen LogP contribution in [0.25, 0.3) is 5.70 Å². The molecule has 102 valence electrons. The van der Waals surface area contributed by atoms with Crippen LogP contribution in [0.1, 0.15) is 18.9 Å². The number of ether oxygens (including phenoxy) is 1. The highest BCUT2D eigenvalue weighted by Gasteiger charge is 2.27. The summed E-state index contributed by atoms with van der Waals surface area (Å²) >= 11 is 5.87. The van der Waals surface area contributed by atoms with Crippen LogP contribution in [0.5, 0.6) is 5.75 Å². The molecule has 0 saturated heterocycles. The summed E-state index contributed by atoms with van der Waals surface area (Å²) in [7, 11) is 1.60. The first-order chi connectivity index (χ1) is 9.04. The molecule has 2 rings (SSSR count). The lowest BCUT2D eigenvalue weighted by atomic mass is 10.0. The Morgan fingerprint density at radius 2 is 2.26 bits per heavy atom. The Kier molecular flexibility index (Phi) is 4.10. The minimum absolute atomic E-state index is 0.215. The van der Waals surface area contributed by atoms with Crippen LogP contribution in [0.3, 0.4) is 0 Å². The van der Waals surface area contributed by atoms with Crippen molar-refractivity contribution < 1.29 is 13.9 Å². The average molecular weight is 284 g/mol. The predicted octanol–water partition coefficient (Wildman–Crippen LogP) is 3.03. The number of carbonyl (C=O) groups is 1. The first-order valence-corrected chi connectivity index (χ1v) is 6.52. The van der Waals surface area contributed by atoms with Crippen LogP contribution in [0.2, 0.25) is 0 Å². The van der Waals surface area contributed by atoms with Crippen LogP contribution in [-0.4, -0.2) is 29.8 Å². The monoisotopic (exact) mass is 283 g/mol. The predicted molar refractivity (Wildman–Crippen MR) is 72.6 cm³/mol. The molecule has 0 aliphatic carbocycles. The largest absolute Gasteiger partial charge is 0.494 e. The number of allylic oxidation sites excluding steroid dienone is 1. The number of halogens is 2. The Morgan fingerprint density at radius 3 is 2.89 bits per heavy atom. The molecular formula is C14H15ClFNO2. The highest BCUT2D eigenvalue weighted by Crippen LogP contribution is 2.29. The van der Waals surface area contributed by atoms with Gasteiger partial charge in [0.25, 0.3) is 0 Å². The van der Waals surface area contributed by atoms with Crippen molar-refractivity contribution in [1.29, 1.82) is 0 Å². The summed E-state index contributed by atoms with van der Waals surface area (Å²) in [5.41, 5.74) is 0.922. The molecule has 1 atom stereocenters. The zero-order chi connectivity index (χ0) is 14.0. The maximum atomic E-state index is 14.1. The molecular weight excluding hydrogens is 269 g/mol. The molecule has 1 aliphatic heterocycles. The zero-order valence-electron chi connectivity index (χ0n) is 10.8. The minimum Gasteiger partial charge on any atom is -0.494 e. The molecule has 1 aliphatic rings. The fraction of sp³-hybridized carbons (Fsp3) is 0.357. The molecule has 0 radical (unpaired) electrons. The van der Waals surface area contributed by atoms with Crippen LogP contribution < -0.4 is 4.74 Å². The van der Waals surface area contributed by atoms with Gasteiger partial charge in [0.15, 0.2) is 0 Å². The van der Waals surface area contributed by atoms with Crippen molar-refractivity contribution in [1.82, 2.24) is 4.90 Å². The number of carbonyl (C=O) groups excluding carboxylic acids is 1. The van der Waals surface area contributed by atoms with Gasteiger partial charge in [-0.15, -0.1) is 11.6 Å². The smallest absolute Gasteiger partial charge is 0.245 e. The number of hydrogen-bond acceptors (Lipinski definition) is 2. The van der Waals surface area contributed by atoms with Gasteiger partial charge in [-0.3, -0.25) is 4.79 Å². The molecule has 19 heavy (non-hydrogen) atoms. The van der Waals surface area contributed by atoms with Gasteiger partial charge >= 0.3 is 0 Å². The van der Waals surface area contributed by atoms with Crippen molar-refractivity contribution in [2.75, 3.05) is 13.7 Å². The van der Waals surface area contributed by atoms with Gasteiger partial charge in [-0.25, -0.2) is 4.39 Å². The summed E-state index contributed by atoms with van der Waals surface area (Å²) in [5.74, 6) is -0.151. The maximum Gasteiger partial charge on any atom is 0.245 e. The van der Waals surface area contributed by atoms with Crippen LogP contribution in [0.15, 0.2) is 24.3 Å². The number of alkyl halides is 1. The van der Waals surface area contributed by atoms with Crippen LogP contribution >= 0.6 is 11.6 Å². The number of rotatable bonds is 3. The summed E-state index contributed by atoms with van der Waals surface area (Å²) in [6, 6.07) is 4.63. The lowest BCUT2D eigenvalue weighted by Gasteiger charge is -2.27. The van der Waals surface area contributed by atoms with E-state index in [1.54, 1.807) is 25.3 Å². The van der Waals surface area contributed by atoms with Gasteiger partial charge in [-0.1, -0.05) is 6.08 Å². The highest BCUT2D eigenvalue weighted by atomic mass is 35.5. The number of nitrogens with zero attached hydrogens (tertiary/aromatic N) is 1. The quantitative estimate of drug-likeness (QED) is 0.798. The Balaban J connectivity index is 2.34. The summed E-state index contributed by atoms with van der Waals surface area (Å²) in [5, 5.41) is -0.570. The SMILES string of the molecule is CCOc1ccc(C2=CCC(Cl)C(=O)N2C)c(F)c1. The minimum atomic E-state index is -0.570. The van der Waals surface area contributed by atoms with E-state index in [0.717, 1.165) is 0 Å². The van der Waals surface area contributed by atoms with E-state index in [0.29, 0.717) is 30.0 Å². The van der Waals surface area contributed by atoms with E-state index in [4.69, 9.17) is 16.3 Å². The highest BCUT2D eigenvalue weighted by molar-refractivity contribution is 6.31. The average Bonchev–Trinajstić information content (AvgIpc) is 2.38. The Bertz CT molecular complexity index is 530. The molecule has 1 heterocycles. The summed E-state index contributed by atoms with van der Waals surface area (Å²) < 4.78 is 19.3. The molecule has 1 amide bonds. The third-order valence-electron chi connectivity index (χ3n) is 3.01. The molecule has 0 aromatic heterocycles. The molecule has 0 N–H and O–H groups in total. The van der Waals surface area contributed by atoms with E-state index < -0.39 is 11.2 Å². The van der Waals surface area contributed by atoms with Crippen LogP contribution in [0, 0.1) is 5.82 Å². The lowest BCUT2D eigenvalue weighted by molar-refractivity contribution is -0.126. The normalized spacial score (nSPS) is 19.4. The van der Waals surface area contributed by atoms with E-state index in [-0.39, 0.29) is 5.91 Å². The Morgan fingerprint density at radius 1 is 1.53 bits per heavy atom. The summed E-state index contributed by atoms with van der Waals surface area (Å²) in [6.07, 6.45) is 2.19. The topological polar surface area (TPSA) is 29.5 Å². The van der Waals surface area contributed by atoms with Gasteiger partial charge < -0.3 is 9.64 Å². The first kappa shape index (κ1) is 13.9.